The molecule has 4 fully saturated rings. The molecule has 8 nitrogen and oxygen atoms in total. The fourth-order valence-electron chi connectivity index (χ4n) is 8.51. The number of carboxylic acids is 1. The first-order valence-electron chi connectivity index (χ1n) is 14.9. The molecule has 0 heterocycles. The molecule has 4 aliphatic carbocycles. The van der Waals surface area contributed by atoms with Gasteiger partial charge in [0.25, 0.3) is 0 Å². The molecule has 0 bridgehead atoms. The molecule has 0 radical (unpaired) electrons. The van der Waals surface area contributed by atoms with Crippen LogP contribution >= 0.6 is 0 Å². The van der Waals surface area contributed by atoms with Gasteiger partial charge in [0.2, 0.25) is 16.3 Å². The number of amides is 1. The van der Waals surface area contributed by atoms with Gasteiger partial charge in [-0.1, -0.05) is 20.8 Å². The van der Waals surface area contributed by atoms with Gasteiger partial charge in [-0.25, -0.2) is 8.42 Å². The summed E-state index contributed by atoms with van der Waals surface area (Å²) in [7, 11) is -5.28. The van der Waals surface area contributed by atoms with E-state index in [4.69, 9.17) is 5.48 Å². The second kappa shape index (κ2) is 13.2. The van der Waals surface area contributed by atoms with Gasteiger partial charge >= 0.3 is 59.1 Å². The number of nitrogens with one attached hydrogen (secondary N) is 1. The molecule has 200 valence electrons. The van der Waals surface area contributed by atoms with Crippen molar-refractivity contribution < 1.29 is 96.4 Å². The molecule has 0 saturated heterocycles. The SMILES string of the molecule is [2H]C1([2H])C[C@@]2(C)[C@H](CC[C@@H]3[C@@H]2CC[C@]2(C)[C@@H]([C@H](C)CCC(=O)NCC(=O)[O-])CC[C@@H]32)C([2H])([2H])[C@@H]1OS(=O)(=O)[O-].[Na+].[Na+]. The topological polar surface area (TPSA) is 136 Å². The van der Waals surface area contributed by atoms with E-state index in [1.807, 2.05) is 6.92 Å². The molecule has 0 aliphatic heterocycles. The monoisotopic (exact) mass is 561 g/mol. The third-order valence-electron chi connectivity index (χ3n) is 10.1. The van der Waals surface area contributed by atoms with Crippen LogP contribution in [0.3, 0.4) is 0 Å². The Balaban J connectivity index is 0.00000294. The van der Waals surface area contributed by atoms with Crippen molar-refractivity contribution in [1.82, 2.24) is 5.32 Å². The van der Waals surface area contributed by atoms with E-state index in [1.54, 1.807) is 0 Å². The third-order valence-corrected chi connectivity index (χ3v) is 10.5. The van der Waals surface area contributed by atoms with E-state index in [2.05, 4.69) is 23.3 Å². The Kier molecular flexibility index (Phi) is 9.97. The van der Waals surface area contributed by atoms with Crippen molar-refractivity contribution in [2.24, 2.45) is 46.3 Å². The molecule has 0 aromatic heterocycles. The van der Waals surface area contributed by atoms with E-state index in [0.29, 0.717) is 30.6 Å². The minimum atomic E-state index is -5.28. The number of hydrogen-bond donors (Lipinski definition) is 1. The van der Waals surface area contributed by atoms with Crippen LogP contribution in [-0.2, 0) is 24.2 Å². The summed E-state index contributed by atoms with van der Waals surface area (Å²) < 4.78 is 73.5. The minimum absolute atomic E-state index is 0. The Labute approximate surface area is 272 Å². The van der Waals surface area contributed by atoms with Crippen LogP contribution in [0.25, 0.3) is 0 Å². The molecular formula is C26H41NNa2O7S. The van der Waals surface area contributed by atoms with Crippen LogP contribution in [0.4, 0.5) is 0 Å². The maximum atomic E-state index is 12.1. The molecule has 37 heavy (non-hydrogen) atoms. The number of carbonyl (C=O) groups is 2. The standard InChI is InChI=1S/C26H43NO7S.2Na/c1-16(4-9-23(28)27-15-24(29)30)20-7-8-21-19-6-5-17-14-18(34-35(31,32)33)10-12-25(17,2)22(19)11-13-26(20,21)3;;/h16-22H,4-15H2,1-3H3,(H,27,28)(H,29,30)(H,31,32,33);;/q;2*+1/p-2/t16-,17-,18-,19+,20-,21+,22+,25+,26-;;/m1../s1/i10D2,14D2;;. The smallest absolute Gasteiger partial charge is 0.726 e. The molecule has 4 rings (SSSR count). The predicted molar refractivity (Wildman–Crippen MR) is 126 cm³/mol. The van der Waals surface area contributed by atoms with Gasteiger partial charge in [-0.3, -0.25) is 8.98 Å². The molecule has 0 spiro atoms. The van der Waals surface area contributed by atoms with Crippen LogP contribution in [0.5, 0.6) is 0 Å². The summed E-state index contributed by atoms with van der Waals surface area (Å²) in [6.45, 7) is 5.95. The summed E-state index contributed by atoms with van der Waals surface area (Å²) in [5, 5.41) is 13.0. The summed E-state index contributed by atoms with van der Waals surface area (Å²) in [6.07, 6.45) is -0.757. The van der Waals surface area contributed by atoms with Crippen LogP contribution in [0, 0.1) is 46.3 Å². The normalized spacial score (nSPS) is 43.9. The molecule has 0 unspecified atom stereocenters. The Hall–Kier alpha value is 0.810. The van der Waals surface area contributed by atoms with E-state index >= 15 is 0 Å². The van der Waals surface area contributed by atoms with E-state index in [9.17, 15) is 27.7 Å². The van der Waals surface area contributed by atoms with Crippen molar-refractivity contribution in [1.29, 1.82) is 0 Å². The summed E-state index contributed by atoms with van der Waals surface area (Å²) >= 11 is 0. The number of aliphatic carboxylic acids is 1. The summed E-state index contributed by atoms with van der Waals surface area (Å²) in [6, 6.07) is 0. The molecular weight excluding hydrogens is 516 g/mol. The van der Waals surface area contributed by atoms with Crippen molar-refractivity contribution in [3.05, 3.63) is 0 Å². The largest absolute Gasteiger partial charge is 1.00 e. The van der Waals surface area contributed by atoms with Crippen LogP contribution in [0.1, 0.15) is 96.8 Å². The average molecular weight is 562 g/mol. The summed E-state index contributed by atoms with van der Waals surface area (Å²) in [4.78, 5) is 22.7. The second-order valence-electron chi connectivity index (χ2n) is 11.8. The van der Waals surface area contributed by atoms with Gasteiger partial charge in [-0.05, 0) is 110 Å². The van der Waals surface area contributed by atoms with Crippen molar-refractivity contribution in [3.63, 3.8) is 0 Å². The quantitative estimate of drug-likeness (QED) is 0.187. The first kappa shape index (κ1) is 28.0. The van der Waals surface area contributed by atoms with Crippen molar-refractivity contribution in [3.8, 4) is 0 Å². The Morgan fingerprint density at radius 3 is 2.41 bits per heavy atom. The van der Waals surface area contributed by atoms with Crippen LogP contribution < -0.4 is 69.5 Å². The van der Waals surface area contributed by atoms with Gasteiger partial charge in [0, 0.05) is 11.9 Å². The zero-order valence-corrected chi connectivity index (χ0v) is 27.7. The van der Waals surface area contributed by atoms with Gasteiger partial charge in [-0.15, -0.1) is 0 Å². The first-order valence-corrected chi connectivity index (χ1v) is 14.3. The van der Waals surface area contributed by atoms with Crippen molar-refractivity contribution in [2.45, 2.75) is 97.4 Å². The van der Waals surface area contributed by atoms with Gasteiger partial charge in [0.15, 0.2) is 0 Å². The second-order valence-corrected chi connectivity index (χ2v) is 12.8. The van der Waals surface area contributed by atoms with E-state index in [1.165, 1.54) is 0 Å². The van der Waals surface area contributed by atoms with Crippen LogP contribution in [0.15, 0.2) is 0 Å². The zero-order valence-electron chi connectivity index (χ0n) is 26.9. The summed E-state index contributed by atoms with van der Waals surface area (Å²) in [5.41, 5.74) is -0.662. The molecule has 0 aromatic carbocycles. The Bertz CT molecular complexity index is 1100. The number of hydrogen-bond acceptors (Lipinski definition) is 7. The minimum Gasteiger partial charge on any atom is -0.726 e. The van der Waals surface area contributed by atoms with E-state index < -0.39 is 53.1 Å². The fourth-order valence-corrected chi connectivity index (χ4v) is 8.87. The summed E-state index contributed by atoms with van der Waals surface area (Å²) in [5.74, 6) is -0.819. The fraction of sp³-hybridized carbons (Fsp3) is 0.923. The number of fused-ring (bicyclic) bond motifs is 5. The number of carboxylic acid groups (broad SMARTS) is 1. The zero-order chi connectivity index (χ0) is 29.2. The van der Waals surface area contributed by atoms with E-state index in [-0.39, 0.29) is 95.1 Å². The molecule has 1 N–H and O–H groups in total. The number of rotatable bonds is 8. The van der Waals surface area contributed by atoms with Crippen LogP contribution in [0.2, 0.25) is 0 Å². The average Bonchev–Trinajstić information content (AvgIpc) is 3.15. The third kappa shape index (κ3) is 7.37. The Morgan fingerprint density at radius 1 is 1.08 bits per heavy atom. The first-order chi connectivity index (χ1) is 17.8. The Morgan fingerprint density at radius 2 is 1.76 bits per heavy atom. The maximum absolute atomic E-state index is 12.1. The predicted octanol–water partition coefficient (Wildman–Crippen LogP) is -3.22. The van der Waals surface area contributed by atoms with E-state index in [0.717, 1.165) is 32.1 Å². The molecule has 4 saturated carbocycles. The van der Waals surface area contributed by atoms with Gasteiger partial charge < -0.3 is 19.8 Å². The molecule has 0 aromatic rings. The van der Waals surface area contributed by atoms with Crippen molar-refractivity contribution in [2.75, 3.05) is 6.54 Å². The van der Waals surface area contributed by atoms with Gasteiger partial charge in [0.1, 0.15) is 0 Å². The molecule has 11 heteroatoms. The maximum Gasteiger partial charge on any atom is 1.00 e. The van der Waals surface area contributed by atoms with Gasteiger partial charge in [0.05, 0.1) is 18.6 Å². The number of carbonyl (C=O) groups excluding carboxylic acids is 2. The van der Waals surface area contributed by atoms with Crippen molar-refractivity contribution >= 4 is 22.3 Å². The molecule has 4 aliphatic rings. The molecule has 1 amide bonds. The molecule has 9 atom stereocenters. The van der Waals surface area contributed by atoms with Gasteiger partial charge in [-0.2, -0.15) is 0 Å². The van der Waals surface area contributed by atoms with Crippen LogP contribution in [-0.4, -0.2) is 37.5 Å².